The largest absolute Gasteiger partial charge is 0.420 e. The summed E-state index contributed by atoms with van der Waals surface area (Å²) < 4.78 is 41.3. The number of imidazole rings is 1. The maximum Gasteiger partial charge on any atom is 0.420 e. The summed E-state index contributed by atoms with van der Waals surface area (Å²) in [5.74, 6) is -0.689. The van der Waals surface area contributed by atoms with Gasteiger partial charge in [-0.1, -0.05) is 11.6 Å². The van der Waals surface area contributed by atoms with E-state index < -0.39 is 29.4 Å². The molecule has 2 aliphatic rings. The summed E-state index contributed by atoms with van der Waals surface area (Å²) in [6.45, 7) is 0.736. The zero-order valence-electron chi connectivity index (χ0n) is 15.5. The Morgan fingerprint density at radius 2 is 2.07 bits per heavy atom. The van der Waals surface area contributed by atoms with Gasteiger partial charge in [0.05, 0.1) is 17.7 Å². The SMILES string of the molecule is O=C(c1nc2c(C(F)(F)F)cc(Br)cn2c1Cl)N1CC[C@@H](N2CCCC2=O)[C@H](O)C1. The number of aromatic nitrogens is 2. The fraction of sp³-hybridized carbons (Fsp3) is 0.500. The van der Waals surface area contributed by atoms with Crippen LogP contribution in [0, 0.1) is 0 Å². The lowest BCUT2D eigenvalue weighted by Crippen LogP contribution is -2.55. The van der Waals surface area contributed by atoms with Crippen molar-refractivity contribution in [2.75, 3.05) is 19.6 Å². The number of piperidine rings is 1. The van der Waals surface area contributed by atoms with Gasteiger partial charge in [-0.3, -0.25) is 14.0 Å². The fourth-order valence-electron chi connectivity index (χ4n) is 4.07. The highest BCUT2D eigenvalue weighted by Gasteiger charge is 2.40. The van der Waals surface area contributed by atoms with Crippen molar-refractivity contribution in [1.82, 2.24) is 19.2 Å². The number of aliphatic hydroxyl groups is 1. The van der Waals surface area contributed by atoms with Crippen LogP contribution in [0.1, 0.15) is 35.3 Å². The monoisotopic (exact) mass is 508 g/mol. The van der Waals surface area contributed by atoms with Gasteiger partial charge in [0.15, 0.2) is 11.3 Å². The molecule has 0 bridgehead atoms. The molecular formula is C18H17BrClF3N4O3. The van der Waals surface area contributed by atoms with E-state index in [0.717, 1.165) is 16.9 Å². The molecular weight excluding hydrogens is 493 g/mol. The van der Waals surface area contributed by atoms with E-state index in [1.54, 1.807) is 4.90 Å². The molecule has 4 rings (SSSR count). The molecule has 0 unspecified atom stereocenters. The normalized spacial score (nSPS) is 22.9. The lowest BCUT2D eigenvalue weighted by Gasteiger charge is -2.40. The number of halogens is 5. The quantitative estimate of drug-likeness (QED) is 0.675. The van der Waals surface area contributed by atoms with E-state index in [1.165, 1.54) is 11.1 Å². The van der Waals surface area contributed by atoms with Crippen LogP contribution < -0.4 is 0 Å². The molecule has 2 aromatic heterocycles. The van der Waals surface area contributed by atoms with Crippen LogP contribution in [0.2, 0.25) is 5.15 Å². The van der Waals surface area contributed by atoms with Crippen LogP contribution in [0.25, 0.3) is 5.65 Å². The van der Waals surface area contributed by atoms with E-state index in [-0.39, 0.29) is 40.4 Å². The molecule has 0 radical (unpaired) electrons. The summed E-state index contributed by atoms with van der Waals surface area (Å²) >= 11 is 9.22. The van der Waals surface area contributed by atoms with Gasteiger partial charge >= 0.3 is 6.18 Å². The van der Waals surface area contributed by atoms with Crippen molar-refractivity contribution in [3.05, 3.63) is 33.1 Å². The molecule has 0 aromatic carbocycles. The number of pyridine rings is 1. The van der Waals surface area contributed by atoms with Crippen molar-refractivity contribution in [1.29, 1.82) is 0 Å². The van der Waals surface area contributed by atoms with Crippen LogP contribution in [-0.2, 0) is 11.0 Å². The minimum absolute atomic E-state index is 0.0209. The number of nitrogens with zero attached hydrogens (tertiary/aromatic N) is 4. The second-order valence-corrected chi connectivity index (χ2v) is 8.65. The standard InChI is InChI=1S/C18H17BrClF3N4O3/c19-9-6-10(18(21,22)23)16-24-14(15(20)27(16)7-9)17(30)25-5-3-11(12(28)8-25)26-4-1-2-13(26)29/h6-7,11-12,28H,1-5,8H2/t11-,12-/m1/s1. The third kappa shape index (κ3) is 3.67. The van der Waals surface area contributed by atoms with Crippen LogP contribution in [0.4, 0.5) is 13.2 Å². The average molecular weight is 510 g/mol. The summed E-state index contributed by atoms with van der Waals surface area (Å²) in [4.78, 5) is 31.7. The Hall–Kier alpha value is -1.85. The minimum Gasteiger partial charge on any atom is -0.389 e. The van der Waals surface area contributed by atoms with Crippen LogP contribution in [0.3, 0.4) is 0 Å². The van der Waals surface area contributed by atoms with E-state index in [1.807, 2.05) is 0 Å². The van der Waals surface area contributed by atoms with Crippen LogP contribution >= 0.6 is 27.5 Å². The lowest BCUT2D eigenvalue weighted by molar-refractivity contribution is -0.136. The lowest BCUT2D eigenvalue weighted by atomic mass is 10.00. The van der Waals surface area contributed by atoms with E-state index >= 15 is 0 Å². The molecule has 4 heterocycles. The number of carbonyl (C=O) groups is 2. The Kier molecular flexibility index (Phi) is 5.48. The molecule has 30 heavy (non-hydrogen) atoms. The predicted molar refractivity (Wildman–Crippen MR) is 104 cm³/mol. The Morgan fingerprint density at radius 3 is 2.67 bits per heavy atom. The van der Waals surface area contributed by atoms with Crippen molar-refractivity contribution >= 4 is 45.0 Å². The first-order chi connectivity index (χ1) is 14.1. The minimum atomic E-state index is -4.68. The number of hydrogen-bond acceptors (Lipinski definition) is 4. The number of β-amino-alcohol motifs (C(OH)–C–C–N with tert-alkyl or cyclic N) is 1. The van der Waals surface area contributed by atoms with Crippen LogP contribution in [0.5, 0.6) is 0 Å². The number of aliphatic hydroxyl groups excluding tert-OH is 1. The van der Waals surface area contributed by atoms with E-state index in [4.69, 9.17) is 11.6 Å². The van der Waals surface area contributed by atoms with Gasteiger partial charge in [-0.2, -0.15) is 13.2 Å². The topological polar surface area (TPSA) is 78.2 Å². The first-order valence-electron chi connectivity index (χ1n) is 9.29. The number of amides is 2. The Labute approximate surface area is 182 Å². The van der Waals surface area contributed by atoms with Crippen molar-refractivity contribution in [3.8, 4) is 0 Å². The summed E-state index contributed by atoms with van der Waals surface area (Å²) in [6.07, 6.45) is -2.80. The van der Waals surface area contributed by atoms with E-state index in [9.17, 15) is 27.9 Å². The number of likely N-dealkylation sites (tertiary alicyclic amines) is 2. The first kappa shape index (κ1) is 21.4. The fourth-order valence-corrected chi connectivity index (χ4v) is 4.75. The van der Waals surface area contributed by atoms with Crippen LogP contribution in [-0.4, -0.2) is 67.9 Å². The molecule has 1 N–H and O–H groups in total. The van der Waals surface area contributed by atoms with Crippen molar-refractivity contribution in [2.45, 2.75) is 37.6 Å². The molecule has 7 nitrogen and oxygen atoms in total. The Balaban J connectivity index is 1.61. The van der Waals surface area contributed by atoms with Gasteiger partial charge in [0.2, 0.25) is 5.91 Å². The number of fused-ring (bicyclic) bond motifs is 1. The van der Waals surface area contributed by atoms with Gasteiger partial charge in [0.25, 0.3) is 5.91 Å². The summed E-state index contributed by atoms with van der Waals surface area (Å²) in [6, 6.07) is 0.489. The smallest absolute Gasteiger partial charge is 0.389 e. The van der Waals surface area contributed by atoms with E-state index in [2.05, 4.69) is 20.9 Å². The molecule has 0 aliphatic carbocycles. The zero-order chi connectivity index (χ0) is 21.8. The van der Waals surface area contributed by atoms with Crippen LogP contribution in [0.15, 0.2) is 16.7 Å². The Bertz CT molecular complexity index is 1030. The molecule has 12 heteroatoms. The highest BCUT2D eigenvalue weighted by Crippen LogP contribution is 2.36. The third-order valence-corrected chi connectivity index (χ3v) is 6.28. The number of rotatable bonds is 2. The maximum absolute atomic E-state index is 13.4. The third-order valence-electron chi connectivity index (χ3n) is 5.48. The molecule has 2 amide bonds. The van der Waals surface area contributed by atoms with Gasteiger partial charge < -0.3 is 14.9 Å². The Morgan fingerprint density at radius 1 is 1.33 bits per heavy atom. The molecule has 2 atom stereocenters. The highest BCUT2D eigenvalue weighted by molar-refractivity contribution is 9.10. The molecule has 0 saturated carbocycles. The average Bonchev–Trinajstić information content (AvgIpc) is 3.23. The zero-order valence-corrected chi connectivity index (χ0v) is 17.8. The van der Waals surface area contributed by atoms with Gasteiger partial charge in [-0.25, -0.2) is 4.98 Å². The van der Waals surface area contributed by atoms with Gasteiger partial charge in [0.1, 0.15) is 5.15 Å². The maximum atomic E-state index is 13.4. The summed E-state index contributed by atoms with van der Waals surface area (Å²) in [5.41, 5.74) is -1.82. The summed E-state index contributed by atoms with van der Waals surface area (Å²) in [5, 5.41) is 10.3. The van der Waals surface area contributed by atoms with E-state index in [0.29, 0.717) is 19.4 Å². The predicted octanol–water partition coefficient (Wildman–Crippen LogP) is 2.97. The van der Waals surface area contributed by atoms with Gasteiger partial charge in [-0.15, -0.1) is 0 Å². The second-order valence-electron chi connectivity index (χ2n) is 7.38. The number of alkyl halides is 3. The summed E-state index contributed by atoms with van der Waals surface area (Å²) in [7, 11) is 0. The van der Waals surface area contributed by atoms with Gasteiger partial charge in [0, 0.05) is 36.7 Å². The molecule has 0 spiro atoms. The van der Waals surface area contributed by atoms with Gasteiger partial charge in [-0.05, 0) is 34.8 Å². The second kappa shape index (κ2) is 7.69. The van der Waals surface area contributed by atoms with Crippen molar-refractivity contribution in [2.24, 2.45) is 0 Å². The molecule has 2 fully saturated rings. The first-order valence-corrected chi connectivity index (χ1v) is 10.5. The van der Waals surface area contributed by atoms with Crippen molar-refractivity contribution in [3.63, 3.8) is 0 Å². The molecule has 162 valence electrons. The molecule has 2 aromatic rings. The number of carbonyl (C=O) groups excluding carboxylic acids is 2. The molecule has 2 aliphatic heterocycles. The molecule has 2 saturated heterocycles. The number of hydrogen-bond donors (Lipinski definition) is 1. The highest BCUT2D eigenvalue weighted by atomic mass is 79.9. The van der Waals surface area contributed by atoms with Crippen molar-refractivity contribution < 1.29 is 27.9 Å².